The average molecular weight is 416 g/mol. The van der Waals surface area contributed by atoms with Gasteiger partial charge in [0.1, 0.15) is 17.6 Å². The number of rotatable bonds is 3. The molecule has 30 heavy (non-hydrogen) atoms. The maximum Gasteiger partial charge on any atom is 0.433 e. The maximum absolute atomic E-state index is 13.4. The summed E-state index contributed by atoms with van der Waals surface area (Å²) in [7, 11) is 0. The van der Waals surface area contributed by atoms with E-state index in [0.29, 0.717) is 16.8 Å². The van der Waals surface area contributed by atoms with E-state index in [1.54, 1.807) is 24.3 Å². The summed E-state index contributed by atoms with van der Waals surface area (Å²) < 4.78 is 40.1. The predicted molar refractivity (Wildman–Crippen MR) is 98.5 cm³/mol. The molecule has 0 bridgehead atoms. The number of amides is 1. The minimum absolute atomic E-state index is 0.0983. The summed E-state index contributed by atoms with van der Waals surface area (Å²) in [6, 6.07) is 11.6. The molecule has 0 fully saturated rings. The van der Waals surface area contributed by atoms with Crippen LogP contribution >= 0.6 is 0 Å². The molecule has 0 aliphatic carbocycles. The molecule has 0 saturated carbocycles. The Morgan fingerprint density at radius 3 is 2.53 bits per heavy atom. The second kappa shape index (κ2) is 6.99. The molecule has 2 unspecified atom stereocenters. The lowest BCUT2D eigenvalue weighted by molar-refractivity contribution is -0.141. The molecule has 3 heterocycles. The molecule has 0 spiro atoms. The van der Waals surface area contributed by atoms with Crippen molar-refractivity contribution in [1.82, 2.24) is 20.6 Å². The molecular weight excluding hydrogens is 401 g/mol. The zero-order valence-electron chi connectivity index (χ0n) is 15.2. The molecule has 154 valence electrons. The number of phenols is 1. The largest absolute Gasteiger partial charge is 0.508 e. The van der Waals surface area contributed by atoms with Crippen LogP contribution < -0.4 is 10.6 Å². The molecule has 0 radical (unpaired) electrons. The number of pyridine rings is 2. The zero-order valence-corrected chi connectivity index (χ0v) is 15.2. The summed E-state index contributed by atoms with van der Waals surface area (Å²) in [6.07, 6.45) is -4.50. The van der Waals surface area contributed by atoms with Crippen molar-refractivity contribution in [3.05, 3.63) is 89.0 Å². The fourth-order valence-corrected chi connectivity index (χ4v) is 3.76. The lowest BCUT2D eigenvalue weighted by atomic mass is 9.78. The highest BCUT2D eigenvalue weighted by Gasteiger charge is 2.48. The van der Waals surface area contributed by atoms with Crippen LogP contribution in [0.1, 0.15) is 34.2 Å². The van der Waals surface area contributed by atoms with Gasteiger partial charge in [0.05, 0.1) is 11.2 Å². The van der Waals surface area contributed by atoms with Gasteiger partial charge in [-0.2, -0.15) is 13.2 Å². The first-order chi connectivity index (χ1) is 14.2. The van der Waals surface area contributed by atoms with E-state index < -0.39 is 29.7 Å². The number of fused-ring (bicyclic) bond motifs is 1. The Kier molecular flexibility index (Phi) is 4.58. The third-order valence-electron chi connectivity index (χ3n) is 4.91. The fourth-order valence-electron chi connectivity index (χ4n) is 3.76. The van der Waals surface area contributed by atoms with Crippen molar-refractivity contribution in [3.8, 4) is 5.75 Å². The lowest BCUT2D eigenvalue weighted by Crippen LogP contribution is -2.45. The smallest absolute Gasteiger partial charge is 0.433 e. The molecule has 1 aliphatic heterocycles. The molecule has 7 nitrogen and oxygen atoms in total. The van der Waals surface area contributed by atoms with E-state index in [1.165, 1.54) is 24.4 Å². The third kappa shape index (κ3) is 3.20. The summed E-state index contributed by atoms with van der Waals surface area (Å²) in [5, 5.41) is 24.6. The third-order valence-corrected chi connectivity index (χ3v) is 4.91. The van der Waals surface area contributed by atoms with Gasteiger partial charge in [-0.25, -0.2) is 4.79 Å². The van der Waals surface area contributed by atoms with Crippen molar-refractivity contribution in [2.24, 2.45) is 0 Å². The number of alkyl halides is 3. The van der Waals surface area contributed by atoms with Crippen molar-refractivity contribution in [1.29, 1.82) is 0 Å². The first-order valence-electron chi connectivity index (χ1n) is 8.77. The van der Waals surface area contributed by atoms with Crippen molar-refractivity contribution in [2.75, 3.05) is 0 Å². The average Bonchev–Trinajstić information content (AvgIpc) is 3.02. The fraction of sp³-hybridized carbons (Fsp3) is 0.150. The first-order valence-corrected chi connectivity index (χ1v) is 8.77. The van der Waals surface area contributed by atoms with E-state index in [4.69, 9.17) is 0 Å². The maximum atomic E-state index is 13.4. The second-order valence-electron chi connectivity index (χ2n) is 6.69. The summed E-state index contributed by atoms with van der Waals surface area (Å²) in [4.78, 5) is 19.0. The first kappa shape index (κ1) is 19.6. The molecular formula is C20H15F3N4O3. The predicted octanol–water partition coefficient (Wildman–Crippen LogP) is 3.36. The van der Waals surface area contributed by atoms with Gasteiger partial charge in [-0.1, -0.05) is 18.2 Å². The summed E-state index contributed by atoms with van der Waals surface area (Å²) >= 11 is 0. The summed E-state index contributed by atoms with van der Waals surface area (Å²) in [5.74, 6) is -0.0983. The molecule has 10 heteroatoms. The number of nitrogens with zero attached hydrogens (tertiary/aromatic N) is 2. The number of carbonyl (C=O) groups is 1. The molecule has 1 amide bonds. The summed E-state index contributed by atoms with van der Waals surface area (Å²) in [5.41, 5.74) is -1.17. The number of hydrogen-bond donors (Lipinski definition) is 4. The number of aromatic nitrogens is 2. The Bertz CT molecular complexity index is 1120. The molecule has 1 aromatic carbocycles. The Morgan fingerprint density at radius 1 is 1.07 bits per heavy atom. The highest BCUT2D eigenvalue weighted by atomic mass is 19.4. The van der Waals surface area contributed by atoms with Gasteiger partial charge in [-0.3, -0.25) is 15.3 Å². The van der Waals surface area contributed by atoms with E-state index in [-0.39, 0.29) is 11.3 Å². The van der Waals surface area contributed by atoms with Gasteiger partial charge in [-0.15, -0.1) is 0 Å². The zero-order chi connectivity index (χ0) is 21.5. The van der Waals surface area contributed by atoms with Crippen LogP contribution in [0.4, 0.5) is 18.0 Å². The van der Waals surface area contributed by atoms with Crippen LogP contribution in [0.5, 0.6) is 5.75 Å². The van der Waals surface area contributed by atoms with Crippen molar-refractivity contribution >= 4 is 6.09 Å². The van der Waals surface area contributed by atoms with Gasteiger partial charge >= 0.3 is 12.3 Å². The molecule has 0 saturated heterocycles. The van der Waals surface area contributed by atoms with E-state index in [9.17, 15) is 28.2 Å². The second-order valence-corrected chi connectivity index (χ2v) is 6.69. The van der Waals surface area contributed by atoms with E-state index in [1.807, 2.05) is 0 Å². The van der Waals surface area contributed by atoms with Crippen molar-refractivity contribution in [3.63, 3.8) is 0 Å². The topological polar surface area (TPSA) is 107 Å². The quantitative estimate of drug-likeness (QED) is 0.522. The lowest BCUT2D eigenvalue weighted by Gasteiger charge is -2.33. The minimum Gasteiger partial charge on any atom is -0.508 e. The number of nitrogens with one attached hydrogen (secondary N) is 2. The van der Waals surface area contributed by atoms with Gasteiger partial charge in [0.2, 0.25) is 0 Å². The van der Waals surface area contributed by atoms with Crippen LogP contribution in [0.2, 0.25) is 0 Å². The molecule has 1 aliphatic rings. The molecule has 2 aromatic heterocycles. The van der Waals surface area contributed by atoms with Crippen LogP contribution in [0.15, 0.2) is 60.9 Å². The SMILES string of the molecule is O=C(O)NC1NC(c2cccc(O)c2)(c2ccnc(C(F)(F)F)c2)c2cccnc21. The normalized spacial score (nSPS) is 20.6. The molecule has 2 atom stereocenters. The van der Waals surface area contributed by atoms with Gasteiger partial charge < -0.3 is 15.5 Å². The van der Waals surface area contributed by atoms with Gasteiger partial charge in [0.25, 0.3) is 0 Å². The van der Waals surface area contributed by atoms with Crippen LogP contribution in [0.25, 0.3) is 0 Å². The number of hydrogen-bond acceptors (Lipinski definition) is 5. The van der Waals surface area contributed by atoms with E-state index in [2.05, 4.69) is 20.6 Å². The van der Waals surface area contributed by atoms with Crippen molar-refractivity contribution in [2.45, 2.75) is 17.9 Å². The van der Waals surface area contributed by atoms with Crippen LogP contribution in [0, 0.1) is 0 Å². The van der Waals surface area contributed by atoms with Gasteiger partial charge in [0, 0.05) is 18.0 Å². The van der Waals surface area contributed by atoms with Crippen molar-refractivity contribution < 1.29 is 28.2 Å². The Labute approximate surface area is 168 Å². The molecule has 3 aromatic rings. The number of aromatic hydroxyl groups is 1. The Hall–Kier alpha value is -3.66. The molecule has 4 N–H and O–H groups in total. The van der Waals surface area contributed by atoms with Crippen LogP contribution in [0.3, 0.4) is 0 Å². The summed E-state index contributed by atoms with van der Waals surface area (Å²) in [6.45, 7) is 0. The van der Waals surface area contributed by atoms with Gasteiger partial charge in [0.15, 0.2) is 0 Å². The van der Waals surface area contributed by atoms with Crippen LogP contribution in [-0.4, -0.2) is 26.3 Å². The van der Waals surface area contributed by atoms with Crippen LogP contribution in [-0.2, 0) is 11.7 Å². The van der Waals surface area contributed by atoms with Gasteiger partial charge in [-0.05, 0) is 41.5 Å². The minimum atomic E-state index is -4.68. The number of benzene rings is 1. The highest BCUT2D eigenvalue weighted by molar-refractivity contribution is 5.66. The Balaban J connectivity index is 2.01. The van der Waals surface area contributed by atoms with E-state index >= 15 is 0 Å². The standard InChI is InChI=1S/C20H15F3N4O3/c21-20(22,23)15-10-12(6-8-24-15)19(11-3-1-4-13(28)9-11)14-5-2-7-25-16(14)17(27-19)26-18(29)30/h1-10,17,26-28H,(H,29,30). The number of phenolic OH excluding ortho intramolecular Hbond substituents is 1. The Morgan fingerprint density at radius 2 is 1.83 bits per heavy atom. The molecule has 4 rings (SSSR count). The number of halogens is 3. The van der Waals surface area contributed by atoms with E-state index in [0.717, 1.165) is 12.3 Å². The number of carboxylic acid groups (broad SMARTS) is 1. The highest BCUT2D eigenvalue weighted by Crippen LogP contribution is 2.46. The monoisotopic (exact) mass is 416 g/mol.